The molecule has 0 saturated heterocycles. The number of nitrogens with two attached hydrogens (primary N) is 1. The second-order valence-electron chi connectivity index (χ2n) is 5.85. The Labute approximate surface area is 139 Å². The molecule has 7 nitrogen and oxygen atoms in total. The summed E-state index contributed by atoms with van der Waals surface area (Å²) in [6.45, 7) is 3.55. The molecular formula is C17H18N2O5. The van der Waals surface area contributed by atoms with E-state index in [0.717, 1.165) is 5.56 Å². The zero-order chi connectivity index (χ0) is 17.7. The van der Waals surface area contributed by atoms with Crippen LogP contribution in [0.25, 0.3) is 0 Å². The first-order valence-electron chi connectivity index (χ1n) is 7.25. The van der Waals surface area contributed by atoms with Gasteiger partial charge in [-0.1, -0.05) is 12.1 Å². The maximum atomic E-state index is 10.9. The lowest BCUT2D eigenvalue weighted by molar-refractivity contribution is -0.384. The third kappa shape index (κ3) is 4.98. The van der Waals surface area contributed by atoms with Crippen LogP contribution in [0.5, 0.6) is 11.5 Å². The summed E-state index contributed by atoms with van der Waals surface area (Å²) in [5, 5.41) is 10.6. The van der Waals surface area contributed by atoms with Crippen molar-refractivity contribution in [2.24, 2.45) is 5.73 Å². The molecular weight excluding hydrogens is 312 g/mol. The number of nitro groups is 1. The predicted molar refractivity (Wildman–Crippen MR) is 88.1 cm³/mol. The third-order valence-corrected chi connectivity index (χ3v) is 3.21. The molecule has 24 heavy (non-hydrogen) atoms. The van der Waals surface area contributed by atoms with Gasteiger partial charge in [0.15, 0.2) is 0 Å². The van der Waals surface area contributed by atoms with Crippen LogP contribution in [-0.4, -0.2) is 16.6 Å². The number of nitrogens with zero attached hydrogens (tertiary/aromatic N) is 1. The molecule has 7 heteroatoms. The van der Waals surface area contributed by atoms with Crippen LogP contribution in [0.15, 0.2) is 48.5 Å². The van der Waals surface area contributed by atoms with Crippen molar-refractivity contribution < 1.29 is 19.2 Å². The summed E-state index contributed by atoms with van der Waals surface area (Å²) in [5.74, 6) is 1.10. The highest BCUT2D eigenvalue weighted by atomic mass is 16.6. The Bertz CT molecular complexity index is 724. The molecule has 0 atom stereocenters. The molecule has 0 aliphatic carbocycles. The molecule has 126 valence electrons. The van der Waals surface area contributed by atoms with E-state index in [1.807, 2.05) is 12.1 Å². The van der Waals surface area contributed by atoms with Crippen molar-refractivity contribution in [2.75, 3.05) is 0 Å². The number of hydrogen-bond donors (Lipinski definition) is 1. The molecule has 0 unspecified atom stereocenters. The third-order valence-electron chi connectivity index (χ3n) is 3.21. The molecule has 2 aromatic rings. The summed E-state index contributed by atoms with van der Waals surface area (Å²) in [5.41, 5.74) is 5.31. The second-order valence-corrected chi connectivity index (χ2v) is 5.85. The number of amides is 1. The van der Waals surface area contributed by atoms with Crippen LogP contribution >= 0.6 is 0 Å². The van der Waals surface area contributed by atoms with E-state index in [4.69, 9.17) is 15.2 Å². The zero-order valence-corrected chi connectivity index (χ0v) is 13.4. The number of carbonyl (C=O) groups is 1. The zero-order valence-electron chi connectivity index (χ0n) is 13.4. The fourth-order valence-electron chi connectivity index (χ4n) is 2.25. The number of carbonyl (C=O) groups excluding carboxylic acids is 1. The van der Waals surface area contributed by atoms with Gasteiger partial charge in [0.25, 0.3) is 5.69 Å². The van der Waals surface area contributed by atoms with Gasteiger partial charge in [-0.2, -0.15) is 0 Å². The quantitative estimate of drug-likeness (QED) is 0.640. The molecule has 2 aromatic carbocycles. The largest absolute Gasteiger partial charge is 0.457 e. The minimum absolute atomic E-state index is 0.00869. The lowest BCUT2D eigenvalue weighted by Crippen LogP contribution is -2.33. The van der Waals surface area contributed by atoms with E-state index in [-0.39, 0.29) is 5.69 Å². The summed E-state index contributed by atoms with van der Waals surface area (Å²) in [4.78, 5) is 21.0. The van der Waals surface area contributed by atoms with E-state index in [0.29, 0.717) is 17.9 Å². The van der Waals surface area contributed by atoms with Crippen LogP contribution in [0.2, 0.25) is 0 Å². The predicted octanol–water partition coefficient (Wildman–Crippen LogP) is 3.80. The van der Waals surface area contributed by atoms with Crippen LogP contribution in [-0.2, 0) is 11.2 Å². The van der Waals surface area contributed by atoms with E-state index in [1.165, 1.54) is 24.3 Å². The summed E-state index contributed by atoms with van der Waals surface area (Å²) in [6.07, 6.45) is -0.300. The van der Waals surface area contributed by atoms with Gasteiger partial charge in [0.2, 0.25) is 0 Å². The molecule has 0 heterocycles. The summed E-state index contributed by atoms with van der Waals surface area (Å²) in [6, 6.07) is 13.1. The van der Waals surface area contributed by atoms with Crippen molar-refractivity contribution in [2.45, 2.75) is 25.9 Å². The molecule has 2 N–H and O–H groups in total. The van der Waals surface area contributed by atoms with Gasteiger partial charge in [-0.05, 0) is 43.7 Å². The fraction of sp³-hybridized carbons (Fsp3) is 0.235. The van der Waals surface area contributed by atoms with Crippen LogP contribution in [0, 0.1) is 10.1 Å². The van der Waals surface area contributed by atoms with Crippen molar-refractivity contribution >= 4 is 11.8 Å². The molecule has 0 bridgehead atoms. The molecule has 0 aliphatic rings. The van der Waals surface area contributed by atoms with Gasteiger partial charge in [-0.25, -0.2) is 4.79 Å². The van der Waals surface area contributed by atoms with E-state index in [9.17, 15) is 14.9 Å². The molecule has 0 aliphatic heterocycles. The summed E-state index contributed by atoms with van der Waals surface area (Å²) < 4.78 is 10.7. The SMILES string of the molecule is CC(C)(Cc1ccc(Oc2ccc([N+](=O)[O-])cc2)cc1)OC(N)=O. The second kappa shape index (κ2) is 6.99. The van der Waals surface area contributed by atoms with Crippen molar-refractivity contribution in [3.63, 3.8) is 0 Å². The Morgan fingerprint density at radius 3 is 2.04 bits per heavy atom. The molecule has 0 saturated carbocycles. The lowest BCUT2D eigenvalue weighted by Gasteiger charge is -2.24. The molecule has 0 fully saturated rings. The van der Waals surface area contributed by atoms with Crippen LogP contribution in [0.1, 0.15) is 19.4 Å². The highest BCUT2D eigenvalue weighted by Crippen LogP contribution is 2.25. The Morgan fingerprint density at radius 2 is 1.58 bits per heavy atom. The van der Waals surface area contributed by atoms with E-state index in [2.05, 4.69) is 0 Å². The Kier molecular flexibility index (Phi) is 5.03. The van der Waals surface area contributed by atoms with Gasteiger partial charge < -0.3 is 15.2 Å². The average molecular weight is 330 g/mol. The smallest absolute Gasteiger partial charge is 0.405 e. The molecule has 1 amide bonds. The van der Waals surface area contributed by atoms with E-state index >= 15 is 0 Å². The van der Waals surface area contributed by atoms with E-state index in [1.54, 1.807) is 26.0 Å². The minimum atomic E-state index is -0.807. The average Bonchev–Trinajstić information content (AvgIpc) is 2.48. The monoisotopic (exact) mass is 330 g/mol. The summed E-state index contributed by atoms with van der Waals surface area (Å²) >= 11 is 0. The minimum Gasteiger partial charge on any atom is -0.457 e. The highest BCUT2D eigenvalue weighted by Gasteiger charge is 2.22. The number of rotatable bonds is 6. The number of primary amides is 1. The summed E-state index contributed by atoms with van der Waals surface area (Å²) in [7, 11) is 0. The normalized spacial score (nSPS) is 10.9. The Balaban J connectivity index is 2.01. The first-order valence-corrected chi connectivity index (χ1v) is 7.25. The molecule has 0 radical (unpaired) electrons. The van der Waals surface area contributed by atoms with Gasteiger partial charge >= 0.3 is 6.09 Å². The highest BCUT2D eigenvalue weighted by molar-refractivity contribution is 5.65. The van der Waals surface area contributed by atoms with Crippen molar-refractivity contribution in [3.8, 4) is 11.5 Å². The van der Waals surface area contributed by atoms with Gasteiger partial charge in [0.1, 0.15) is 17.1 Å². The lowest BCUT2D eigenvalue weighted by atomic mass is 9.98. The number of ether oxygens (including phenoxy) is 2. The van der Waals surface area contributed by atoms with Crippen LogP contribution in [0.3, 0.4) is 0 Å². The number of non-ortho nitro benzene ring substituents is 1. The topological polar surface area (TPSA) is 105 Å². The van der Waals surface area contributed by atoms with Gasteiger partial charge in [0, 0.05) is 18.6 Å². The first-order chi connectivity index (χ1) is 11.2. The van der Waals surface area contributed by atoms with Gasteiger partial charge in [-0.3, -0.25) is 10.1 Å². The van der Waals surface area contributed by atoms with Crippen LogP contribution in [0.4, 0.5) is 10.5 Å². The number of benzene rings is 2. The number of nitro benzene ring substituents is 1. The maximum absolute atomic E-state index is 10.9. The fourth-order valence-corrected chi connectivity index (χ4v) is 2.25. The van der Waals surface area contributed by atoms with Crippen molar-refractivity contribution in [1.82, 2.24) is 0 Å². The standard InChI is InChI=1S/C17H18N2O5/c1-17(2,24-16(18)20)11-12-3-7-14(8-4-12)23-15-9-5-13(6-10-15)19(21)22/h3-10H,11H2,1-2H3,(H2,18,20). The number of hydrogen-bond acceptors (Lipinski definition) is 5. The molecule has 2 rings (SSSR count). The first kappa shape index (κ1) is 17.3. The Morgan fingerprint density at radius 1 is 1.08 bits per heavy atom. The maximum Gasteiger partial charge on any atom is 0.405 e. The van der Waals surface area contributed by atoms with Crippen molar-refractivity contribution in [3.05, 3.63) is 64.2 Å². The molecule has 0 spiro atoms. The van der Waals surface area contributed by atoms with Gasteiger partial charge in [0.05, 0.1) is 4.92 Å². The van der Waals surface area contributed by atoms with Crippen molar-refractivity contribution in [1.29, 1.82) is 0 Å². The van der Waals surface area contributed by atoms with E-state index < -0.39 is 16.6 Å². The van der Waals surface area contributed by atoms with Gasteiger partial charge in [-0.15, -0.1) is 0 Å². The van der Waals surface area contributed by atoms with Crippen LogP contribution < -0.4 is 10.5 Å². The Hall–Kier alpha value is -3.09. The molecule has 0 aromatic heterocycles.